The van der Waals surface area contributed by atoms with Crippen LogP contribution >= 0.6 is 0 Å². The molecule has 1 aliphatic heterocycles. The Morgan fingerprint density at radius 2 is 2.20 bits per heavy atom. The number of epoxide rings is 1. The van der Waals surface area contributed by atoms with Gasteiger partial charge in [-0.05, 0) is 26.0 Å². The third kappa shape index (κ3) is 0.762. The molecule has 2 heterocycles. The first kappa shape index (κ1) is 5.98. The van der Waals surface area contributed by atoms with Crippen LogP contribution < -0.4 is 0 Å². The predicted octanol–water partition coefficient (Wildman–Crippen LogP) is 1.83. The molecule has 1 aromatic rings. The summed E-state index contributed by atoms with van der Waals surface area (Å²) < 4.78 is 10.6. The van der Waals surface area contributed by atoms with E-state index >= 15 is 0 Å². The SMILES string of the molecule is Cc1ccc(C2(C)CO2)o1. The van der Waals surface area contributed by atoms with E-state index in [1.54, 1.807) is 0 Å². The maximum atomic E-state index is 5.39. The molecule has 0 spiro atoms. The highest BCUT2D eigenvalue weighted by Crippen LogP contribution is 2.38. The van der Waals surface area contributed by atoms with Crippen LogP contribution in [0.3, 0.4) is 0 Å². The van der Waals surface area contributed by atoms with E-state index in [0.717, 1.165) is 18.1 Å². The third-order valence-corrected chi connectivity index (χ3v) is 1.84. The molecule has 0 amide bonds. The lowest BCUT2D eigenvalue weighted by Crippen LogP contribution is -1.98. The van der Waals surface area contributed by atoms with Gasteiger partial charge in [-0.1, -0.05) is 0 Å². The molecule has 1 fully saturated rings. The van der Waals surface area contributed by atoms with E-state index < -0.39 is 0 Å². The second-order valence-corrected chi connectivity index (χ2v) is 2.93. The molecule has 10 heavy (non-hydrogen) atoms. The Morgan fingerprint density at radius 3 is 2.60 bits per heavy atom. The van der Waals surface area contributed by atoms with Crippen LogP contribution in [0.1, 0.15) is 18.4 Å². The molecule has 0 saturated carbocycles. The molecule has 0 N–H and O–H groups in total. The van der Waals surface area contributed by atoms with Gasteiger partial charge in [0.15, 0.2) is 0 Å². The summed E-state index contributed by atoms with van der Waals surface area (Å²) >= 11 is 0. The minimum atomic E-state index is -0.103. The topological polar surface area (TPSA) is 25.7 Å². The molecule has 0 aliphatic carbocycles. The lowest BCUT2D eigenvalue weighted by molar-refractivity contribution is 0.282. The summed E-state index contributed by atoms with van der Waals surface area (Å²) in [5, 5.41) is 0. The number of hydrogen-bond acceptors (Lipinski definition) is 2. The maximum absolute atomic E-state index is 5.39. The minimum absolute atomic E-state index is 0.103. The van der Waals surface area contributed by atoms with E-state index in [4.69, 9.17) is 9.15 Å². The van der Waals surface area contributed by atoms with Gasteiger partial charge in [0.2, 0.25) is 0 Å². The molecular weight excluding hydrogens is 128 g/mol. The summed E-state index contributed by atoms with van der Waals surface area (Å²) in [5.41, 5.74) is -0.103. The maximum Gasteiger partial charge on any atom is 0.146 e. The normalized spacial score (nSPS) is 30.6. The molecule has 1 atom stereocenters. The highest BCUT2D eigenvalue weighted by Gasteiger charge is 2.44. The monoisotopic (exact) mass is 138 g/mol. The molecule has 1 unspecified atom stereocenters. The summed E-state index contributed by atoms with van der Waals surface area (Å²) in [5.74, 6) is 1.90. The molecule has 1 saturated heterocycles. The van der Waals surface area contributed by atoms with Crippen molar-refractivity contribution in [3.05, 3.63) is 23.7 Å². The van der Waals surface area contributed by atoms with Gasteiger partial charge in [0.1, 0.15) is 17.1 Å². The Kier molecular flexibility index (Phi) is 0.980. The Bertz CT molecular complexity index is 246. The summed E-state index contributed by atoms with van der Waals surface area (Å²) in [6, 6.07) is 3.94. The first-order chi connectivity index (χ1) is 4.71. The Morgan fingerprint density at radius 1 is 1.50 bits per heavy atom. The summed E-state index contributed by atoms with van der Waals surface area (Å²) in [6.45, 7) is 4.76. The second-order valence-electron chi connectivity index (χ2n) is 2.93. The van der Waals surface area contributed by atoms with Crippen molar-refractivity contribution in [3.8, 4) is 0 Å². The van der Waals surface area contributed by atoms with Crippen LogP contribution in [0.4, 0.5) is 0 Å². The lowest BCUT2D eigenvalue weighted by Gasteiger charge is -1.97. The number of furan rings is 1. The van der Waals surface area contributed by atoms with Crippen LogP contribution in [0, 0.1) is 6.92 Å². The van der Waals surface area contributed by atoms with E-state index in [9.17, 15) is 0 Å². The predicted molar refractivity (Wildman–Crippen MR) is 36.7 cm³/mol. The number of ether oxygens (including phenoxy) is 1. The van der Waals surface area contributed by atoms with Crippen LogP contribution in [0.5, 0.6) is 0 Å². The summed E-state index contributed by atoms with van der Waals surface area (Å²) in [6.07, 6.45) is 0. The van der Waals surface area contributed by atoms with Crippen LogP contribution in [-0.2, 0) is 10.3 Å². The standard InChI is InChI=1S/C8H10O2/c1-6-3-4-7(10-6)8(2)5-9-8/h3-4H,5H2,1-2H3. The first-order valence-corrected chi connectivity index (χ1v) is 3.42. The Hall–Kier alpha value is -0.760. The molecular formula is C8H10O2. The highest BCUT2D eigenvalue weighted by molar-refractivity contribution is 5.16. The van der Waals surface area contributed by atoms with Crippen LogP contribution in [-0.4, -0.2) is 6.61 Å². The van der Waals surface area contributed by atoms with Crippen molar-refractivity contribution in [1.82, 2.24) is 0 Å². The van der Waals surface area contributed by atoms with Crippen molar-refractivity contribution in [2.45, 2.75) is 19.4 Å². The van der Waals surface area contributed by atoms with Crippen LogP contribution in [0.25, 0.3) is 0 Å². The quantitative estimate of drug-likeness (QED) is 0.553. The average Bonchev–Trinajstić information content (AvgIpc) is 2.45. The molecule has 2 rings (SSSR count). The average molecular weight is 138 g/mol. The van der Waals surface area contributed by atoms with Crippen LogP contribution in [0.15, 0.2) is 16.5 Å². The van der Waals surface area contributed by atoms with Gasteiger partial charge in [-0.2, -0.15) is 0 Å². The summed E-state index contributed by atoms with van der Waals surface area (Å²) in [7, 11) is 0. The van der Waals surface area contributed by atoms with Crippen molar-refractivity contribution in [3.63, 3.8) is 0 Å². The molecule has 2 heteroatoms. The van der Waals surface area contributed by atoms with Gasteiger partial charge in [0.25, 0.3) is 0 Å². The van der Waals surface area contributed by atoms with Crippen molar-refractivity contribution in [2.75, 3.05) is 6.61 Å². The largest absolute Gasteiger partial charge is 0.463 e. The van der Waals surface area contributed by atoms with Gasteiger partial charge in [0.05, 0.1) is 6.61 Å². The first-order valence-electron chi connectivity index (χ1n) is 3.42. The van der Waals surface area contributed by atoms with Gasteiger partial charge >= 0.3 is 0 Å². The minimum Gasteiger partial charge on any atom is -0.463 e. The van der Waals surface area contributed by atoms with E-state index in [1.807, 2.05) is 26.0 Å². The van der Waals surface area contributed by atoms with Gasteiger partial charge < -0.3 is 9.15 Å². The van der Waals surface area contributed by atoms with Crippen molar-refractivity contribution < 1.29 is 9.15 Å². The number of hydrogen-bond donors (Lipinski definition) is 0. The van der Waals surface area contributed by atoms with E-state index in [-0.39, 0.29) is 5.60 Å². The van der Waals surface area contributed by atoms with E-state index in [2.05, 4.69) is 0 Å². The summed E-state index contributed by atoms with van der Waals surface area (Å²) in [4.78, 5) is 0. The fourth-order valence-corrected chi connectivity index (χ4v) is 0.969. The van der Waals surface area contributed by atoms with Gasteiger partial charge in [0, 0.05) is 0 Å². The molecule has 0 aromatic carbocycles. The van der Waals surface area contributed by atoms with Crippen molar-refractivity contribution in [2.24, 2.45) is 0 Å². The van der Waals surface area contributed by atoms with Gasteiger partial charge in [-0.15, -0.1) is 0 Å². The smallest absolute Gasteiger partial charge is 0.146 e. The van der Waals surface area contributed by atoms with Gasteiger partial charge in [-0.25, -0.2) is 0 Å². The highest BCUT2D eigenvalue weighted by atomic mass is 16.6. The lowest BCUT2D eigenvalue weighted by atomic mass is 10.1. The molecule has 1 aliphatic rings. The zero-order chi connectivity index (χ0) is 7.19. The molecule has 2 nitrogen and oxygen atoms in total. The van der Waals surface area contributed by atoms with E-state index in [0.29, 0.717) is 0 Å². The molecule has 0 radical (unpaired) electrons. The van der Waals surface area contributed by atoms with E-state index in [1.165, 1.54) is 0 Å². The molecule has 1 aromatic heterocycles. The van der Waals surface area contributed by atoms with Crippen molar-refractivity contribution in [1.29, 1.82) is 0 Å². The fourth-order valence-electron chi connectivity index (χ4n) is 0.969. The second kappa shape index (κ2) is 1.64. The Labute approximate surface area is 59.8 Å². The fraction of sp³-hybridized carbons (Fsp3) is 0.500. The zero-order valence-corrected chi connectivity index (χ0v) is 6.18. The van der Waals surface area contributed by atoms with Crippen LogP contribution in [0.2, 0.25) is 0 Å². The zero-order valence-electron chi connectivity index (χ0n) is 6.18. The van der Waals surface area contributed by atoms with Crippen molar-refractivity contribution >= 4 is 0 Å². The molecule has 0 bridgehead atoms. The third-order valence-electron chi connectivity index (χ3n) is 1.84. The number of aryl methyl sites for hydroxylation is 1. The molecule has 54 valence electrons. The Balaban J connectivity index is 2.34. The number of rotatable bonds is 1. The van der Waals surface area contributed by atoms with Gasteiger partial charge in [-0.3, -0.25) is 0 Å².